The van der Waals surface area contributed by atoms with Crippen LogP contribution in [-0.4, -0.2) is 21.7 Å². The number of hydrogen-bond donors (Lipinski definition) is 1. The van der Waals surface area contributed by atoms with Crippen LogP contribution in [0, 0.1) is 0 Å². The van der Waals surface area contributed by atoms with Crippen LogP contribution in [0.1, 0.15) is 11.1 Å². The number of alkyl halides is 1. The molecule has 0 atom stereocenters. The summed E-state index contributed by atoms with van der Waals surface area (Å²) in [6, 6.07) is 20.4. The van der Waals surface area contributed by atoms with Gasteiger partial charge in [0.05, 0.1) is 11.9 Å². The molecule has 0 unspecified atom stereocenters. The fraction of sp³-hybridized carbons (Fsp3) is 0.130. The van der Waals surface area contributed by atoms with Gasteiger partial charge in [-0.2, -0.15) is 0 Å². The summed E-state index contributed by atoms with van der Waals surface area (Å²) in [4.78, 5) is 14.4. The fourth-order valence-corrected chi connectivity index (χ4v) is 3.65. The highest BCUT2D eigenvalue weighted by molar-refractivity contribution is 6.17. The lowest BCUT2D eigenvalue weighted by Crippen LogP contribution is -2.23. The molecule has 150 valence electrons. The van der Waals surface area contributed by atoms with Crippen molar-refractivity contribution in [1.82, 2.24) is 15.0 Å². The number of H-pyrrole nitrogens is 1. The molecule has 4 aromatic rings. The number of ether oxygens (including phenoxy) is 2. The van der Waals surface area contributed by atoms with E-state index in [-0.39, 0.29) is 6.79 Å². The lowest BCUT2D eigenvalue weighted by Gasteiger charge is -2.23. The number of fused-ring (bicyclic) bond motifs is 1. The number of aromatic amines is 1. The van der Waals surface area contributed by atoms with E-state index in [0.29, 0.717) is 18.3 Å². The topological polar surface area (TPSA) is 63.3 Å². The molecule has 0 amide bonds. The Kier molecular flexibility index (Phi) is 4.99. The number of halogens is 1. The molecule has 30 heavy (non-hydrogen) atoms. The average molecular weight is 419 g/mol. The molecule has 2 aromatic heterocycles. The Hall–Kier alpha value is -3.51. The van der Waals surface area contributed by atoms with Crippen LogP contribution < -0.4 is 4.90 Å². The number of nitrogens with one attached hydrogen (secondary N) is 1. The van der Waals surface area contributed by atoms with E-state index in [1.807, 2.05) is 47.4 Å². The van der Waals surface area contributed by atoms with Gasteiger partial charge in [-0.25, -0.2) is 9.97 Å². The highest BCUT2D eigenvalue weighted by atomic mass is 35.5. The second-order valence-corrected chi connectivity index (χ2v) is 7.20. The standard InChI is InChI=1S/C23H19ClN4O2/c24-11-16-6-8-18(9-7-16)20-10-19-22(27-20)25-14-26-23(19)28(21-13-29-15-30-21)12-17-4-2-1-3-5-17/h1-10,13-14H,11-12,15H2,(H,25,26,27). The average Bonchev–Trinajstić information content (AvgIpc) is 3.48. The van der Waals surface area contributed by atoms with Crippen molar-refractivity contribution in [3.63, 3.8) is 0 Å². The Balaban J connectivity index is 1.57. The number of aromatic nitrogens is 3. The van der Waals surface area contributed by atoms with E-state index in [0.717, 1.165) is 39.2 Å². The van der Waals surface area contributed by atoms with Crippen molar-refractivity contribution in [3.05, 3.63) is 90.3 Å². The molecule has 0 bridgehead atoms. The van der Waals surface area contributed by atoms with Crippen molar-refractivity contribution < 1.29 is 9.47 Å². The third-order valence-electron chi connectivity index (χ3n) is 4.99. The molecule has 0 saturated carbocycles. The monoisotopic (exact) mass is 418 g/mol. The van der Waals surface area contributed by atoms with E-state index in [4.69, 9.17) is 21.1 Å². The van der Waals surface area contributed by atoms with Gasteiger partial charge in [0.1, 0.15) is 24.1 Å². The van der Waals surface area contributed by atoms with Crippen molar-refractivity contribution in [2.45, 2.75) is 12.4 Å². The zero-order chi connectivity index (χ0) is 20.3. The Labute approximate surface area is 178 Å². The minimum Gasteiger partial charge on any atom is -0.459 e. The largest absolute Gasteiger partial charge is 0.459 e. The SMILES string of the molecule is ClCc1ccc(-c2cc3c(N(Cc4ccccc4)C4=COCO4)ncnc3[nH]2)cc1. The maximum atomic E-state index is 5.91. The number of benzene rings is 2. The fourth-order valence-electron chi connectivity index (χ4n) is 3.47. The highest BCUT2D eigenvalue weighted by Crippen LogP contribution is 2.32. The molecule has 1 aliphatic rings. The first kappa shape index (κ1) is 18.5. The van der Waals surface area contributed by atoms with Crippen molar-refractivity contribution in [2.24, 2.45) is 0 Å². The lowest BCUT2D eigenvalue weighted by atomic mass is 10.1. The van der Waals surface area contributed by atoms with Gasteiger partial charge in [-0.1, -0.05) is 54.6 Å². The second-order valence-electron chi connectivity index (χ2n) is 6.93. The summed E-state index contributed by atoms with van der Waals surface area (Å²) in [7, 11) is 0. The van der Waals surface area contributed by atoms with Gasteiger partial charge in [0, 0.05) is 11.6 Å². The van der Waals surface area contributed by atoms with Crippen LogP contribution in [0.5, 0.6) is 0 Å². The molecule has 0 fully saturated rings. The third kappa shape index (κ3) is 3.57. The highest BCUT2D eigenvalue weighted by Gasteiger charge is 2.23. The van der Waals surface area contributed by atoms with Gasteiger partial charge in [0.15, 0.2) is 0 Å². The summed E-state index contributed by atoms with van der Waals surface area (Å²) in [5, 5.41) is 0.904. The molecule has 0 aliphatic carbocycles. The third-order valence-corrected chi connectivity index (χ3v) is 5.30. The quantitative estimate of drug-likeness (QED) is 0.437. The van der Waals surface area contributed by atoms with Crippen LogP contribution in [0.25, 0.3) is 22.3 Å². The van der Waals surface area contributed by atoms with Gasteiger partial charge >= 0.3 is 0 Å². The van der Waals surface area contributed by atoms with Gasteiger partial charge in [-0.15, -0.1) is 11.6 Å². The first-order chi connectivity index (χ1) is 14.8. The molecular weight excluding hydrogens is 400 g/mol. The molecule has 0 radical (unpaired) electrons. The maximum absolute atomic E-state index is 5.91. The number of hydrogen-bond acceptors (Lipinski definition) is 5. The van der Waals surface area contributed by atoms with E-state index in [9.17, 15) is 0 Å². The van der Waals surface area contributed by atoms with Gasteiger partial charge in [0.25, 0.3) is 0 Å². The van der Waals surface area contributed by atoms with Gasteiger partial charge in [-0.3, -0.25) is 4.90 Å². The lowest BCUT2D eigenvalue weighted by molar-refractivity contribution is 0.0782. The van der Waals surface area contributed by atoms with E-state index in [1.54, 1.807) is 12.6 Å². The van der Waals surface area contributed by atoms with E-state index >= 15 is 0 Å². The summed E-state index contributed by atoms with van der Waals surface area (Å²) >= 11 is 5.91. The molecule has 5 rings (SSSR count). The molecule has 1 N–H and O–H groups in total. The molecule has 0 spiro atoms. The first-order valence-electron chi connectivity index (χ1n) is 9.57. The summed E-state index contributed by atoms with van der Waals surface area (Å²) in [6.45, 7) is 0.785. The molecule has 0 saturated heterocycles. The van der Waals surface area contributed by atoms with Gasteiger partial charge < -0.3 is 14.5 Å². The summed E-state index contributed by atoms with van der Waals surface area (Å²) in [6.07, 6.45) is 3.18. The predicted molar refractivity (Wildman–Crippen MR) is 117 cm³/mol. The second kappa shape index (κ2) is 8.08. The van der Waals surface area contributed by atoms with Crippen molar-refractivity contribution in [3.8, 4) is 11.3 Å². The maximum Gasteiger partial charge on any atom is 0.234 e. The molecule has 3 heterocycles. The van der Waals surface area contributed by atoms with Crippen LogP contribution in [-0.2, 0) is 21.9 Å². The van der Waals surface area contributed by atoms with Crippen LogP contribution in [0.3, 0.4) is 0 Å². The first-order valence-corrected chi connectivity index (χ1v) is 10.1. The minimum absolute atomic E-state index is 0.195. The Morgan fingerprint density at radius 1 is 1.00 bits per heavy atom. The van der Waals surface area contributed by atoms with Crippen molar-refractivity contribution in [2.75, 3.05) is 11.7 Å². The van der Waals surface area contributed by atoms with Crippen molar-refractivity contribution >= 4 is 28.5 Å². The Bertz CT molecular complexity index is 1190. The molecule has 1 aliphatic heterocycles. The van der Waals surface area contributed by atoms with Crippen LogP contribution in [0.4, 0.5) is 5.82 Å². The minimum atomic E-state index is 0.195. The molecule has 6 nitrogen and oxygen atoms in total. The van der Waals surface area contributed by atoms with Crippen molar-refractivity contribution in [1.29, 1.82) is 0 Å². The Morgan fingerprint density at radius 3 is 2.57 bits per heavy atom. The molecular formula is C23H19ClN4O2. The van der Waals surface area contributed by atoms with E-state index < -0.39 is 0 Å². The van der Waals surface area contributed by atoms with Gasteiger partial charge in [0.2, 0.25) is 12.7 Å². The zero-order valence-electron chi connectivity index (χ0n) is 16.1. The van der Waals surface area contributed by atoms with Crippen LogP contribution in [0.2, 0.25) is 0 Å². The van der Waals surface area contributed by atoms with E-state index in [2.05, 4.69) is 33.2 Å². The summed E-state index contributed by atoms with van der Waals surface area (Å²) < 4.78 is 11.0. The normalized spacial score (nSPS) is 13.0. The zero-order valence-corrected chi connectivity index (χ0v) is 16.8. The summed E-state index contributed by atoms with van der Waals surface area (Å²) in [5.74, 6) is 1.86. The number of rotatable bonds is 6. The molecule has 7 heteroatoms. The summed E-state index contributed by atoms with van der Waals surface area (Å²) in [5.41, 5.74) is 4.99. The Morgan fingerprint density at radius 2 is 1.83 bits per heavy atom. The molecule has 2 aromatic carbocycles. The smallest absolute Gasteiger partial charge is 0.234 e. The van der Waals surface area contributed by atoms with Crippen LogP contribution >= 0.6 is 11.6 Å². The number of anilines is 1. The van der Waals surface area contributed by atoms with Gasteiger partial charge in [-0.05, 0) is 22.8 Å². The van der Waals surface area contributed by atoms with E-state index in [1.165, 1.54) is 0 Å². The van der Waals surface area contributed by atoms with Crippen LogP contribution in [0.15, 0.2) is 79.1 Å². The predicted octanol–water partition coefficient (Wildman–Crippen LogP) is 5.17. The number of nitrogens with zero attached hydrogens (tertiary/aromatic N) is 3.